The molecular formula is C13H20N6O2. The van der Waals surface area contributed by atoms with E-state index >= 15 is 0 Å². The standard InChI is InChI=1S/C13H20N6O2/c1-3-5-14-10-6-11(15-7-12-16-9-21-19-12)18-13(17-10)8-20-4-2/h6,9H,3-5,7-8H2,1-2H3,(H2,14,15,17,18). The SMILES string of the molecule is CCCNc1cc(NCc2ncon2)nc(COCC)n1. The van der Waals surface area contributed by atoms with Gasteiger partial charge in [-0.2, -0.15) is 4.98 Å². The lowest BCUT2D eigenvalue weighted by Gasteiger charge is -2.10. The van der Waals surface area contributed by atoms with E-state index in [1.807, 2.05) is 13.0 Å². The summed E-state index contributed by atoms with van der Waals surface area (Å²) < 4.78 is 10.1. The molecule has 0 aliphatic heterocycles. The molecule has 0 aliphatic rings. The summed E-state index contributed by atoms with van der Waals surface area (Å²) in [6.45, 7) is 6.35. The maximum absolute atomic E-state index is 5.36. The van der Waals surface area contributed by atoms with Crippen molar-refractivity contribution in [3.63, 3.8) is 0 Å². The number of ether oxygens (including phenoxy) is 1. The highest BCUT2D eigenvalue weighted by atomic mass is 16.5. The fraction of sp³-hybridized carbons (Fsp3) is 0.538. The van der Waals surface area contributed by atoms with Crippen molar-refractivity contribution < 1.29 is 9.26 Å². The first kappa shape index (κ1) is 15.2. The highest BCUT2D eigenvalue weighted by Gasteiger charge is 2.06. The highest BCUT2D eigenvalue weighted by molar-refractivity contribution is 5.47. The van der Waals surface area contributed by atoms with Crippen LogP contribution in [0.25, 0.3) is 0 Å². The van der Waals surface area contributed by atoms with Crippen LogP contribution in [0, 0.1) is 0 Å². The Morgan fingerprint density at radius 1 is 1.14 bits per heavy atom. The number of anilines is 2. The molecule has 2 aromatic heterocycles. The van der Waals surface area contributed by atoms with E-state index in [4.69, 9.17) is 9.26 Å². The van der Waals surface area contributed by atoms with Crippen molar-refractivity contribution in [3.05, 3.63) is 24.1 Å². The average molecular weight is 292 g/mol. The van der Waals surface area contributed by atoms with Gasteiger partial charge in [-0.25, -0.2) is 9.97 Å². The number of nitrogens with zero attached hydrogens (tertiary/aromatic N) is 4. The van der Waals surface area contributed by atoms with Crippen LogP contribution in [0.1, 0.15) is 31.9 Å². The van der Waals surface area contributed by atoms with E-state index in [0.29, 0.717) is 37.2 Å². The third-order valence-corrected chi connectivity index (χ3v) is 2.60. The summed E-state index contributed by atoms with van der Waals surface area (Å²) in [4.78, 5) is 12.8. The van der Waals surface area contributed by atoms with Gasteiger partial charge in [0.05, 0.1) is 6.54 Å². The normalized spacial score (nSPS) is 10.6. The van der Waals surface area contributed by atoms with Crippen molar-refractivity contribution in [3.8, 4) is 0 Å². The quantitative estimate of drug-likeness (QED) is 0.722. The predicted molar refractivity (Wildman–Crippen MR) is 77.8 cm³/mol. The third-order valence-electron chi connectivity index (χ3n) is 2.60. The molecule has 2 N–H and O–H groups in total. The summed E-state index contributed by atoms with van der Waals surface area (Å²) in [6, 6.07) is 1.85. The van der Waals surface area contributed by atoms with Gasteiger partial charge in [0.2, 0.25) is 6.39 Å². The van der Waals surface area contributed by atoms with Crippen LogP contribution in [0.2, 0.25) is 0 Å². The molecule has 0 atom stereocenters. The molecule has 0 saturated carbocycles. The van der Waals surface area contributed by atoms with Crippen molar-refractivity contribution in [1.29, 1.82) is 0 Å². The fourth-order valence-electron chi connectivity index (χ4n) is 1.63. The predicted octanol–water partition coefficient (Wildman–Crippen LogP) is 1.83. The summed E-state index contributed by atoms with van der Waals surface area (Å²) in [7, 11) is 0. The van der Waals surface area contributed by atoms with Crippen LogP contribution in [0.5, 0.6) is 0 Å². The van der Waals surface area contributed by atoms with Gasteiger partial charge in [-0.1, -0.05) is 12.1 Å². The zero-order valence-electron chi connectivity index (χ0n) is 12.3. The summed E-state index contributed by atoms with van der Waals surface area (Å²) in [5, 5.41) is 10.1. The molecular weight excluding hydrogens is 272 g/mol. The van der Waals surface area contributed by atoms with Crippen LogP contribution >= 0.6 is 0 Å². The zero-order chi connectivity index (χ0) is 14.9. The molecule has 2 heterocycles. The Morgan fingerprint density at radius 3 is 2.62 bits per heavy atom. The Balaban J connectivity index is 2.05. The Labute approximate surface area is 123 Å². The summed E-state index contributed by atoms with van der Waals surface area (Å²) >= 11 is 0. The van der Waals surface area contributed by atoms with Crippen LogP contribution in [-0.4, -0.2) is 33.3 Å². The molecule has 2 aromatic rings. The third kappa shape index (κ3) is 4.99. The minimum absolute atomic E-state index is 0.384. The second kappa shape index (κ2) is 8.15. The van der Waals surface area contributed by atoms with E-state index < -0.39 is 0 Å². The molecule has 0 aliphatic carbocycles. The molecule has 8 heteroatoms. The number of hydrogen-bond donors (Lipinski definition) is 2. The lowest BCUT2D eigenvalue weighted by molar-refractivity contribution is 0.128. The van der Waals surface area contributed by atoms with E-state index in [0.717, 1.165) is 18.8 Å². The van der Waals surface area contributed by atoms with Crippen LogP contribution in [0.4, 0.5) is 11.6 Å². The molecule has 8 nitrogen and oxygen atoms in total. The van der Waals surface area contributed by atoms with Gasteiger partial charge in [-0.3, -0.25) is 0 Å². The molecule has 21 heavy (non-hydrogen) atoms. The molecule has 0 radical (unpaired) electrons. The molecule has 0 fully saturated rings. The second-order valence-electron chi connectivity index (χ2n) is 4.32. The Morgan fingerprint density at radius 2 is 1.95 bits per heavy atom. The molecule has 0 unspecified atom stereocenters. The maximum atomic E-state index is 5.36. The monoisotopic (exact) mass is 292 g/mol. The number of nitrogens with one attached hydrogen (secondary N) is 2. The highest BCUT2D eigenvalue weighted by Crippen LogP contribution is 2.13. The smallest absolute Gasteiger partial charge is 0.213 e. The van der Waals surface area contributed by atoms with Crippen molar-refractivity contribution in [2.45, 2.75) is 33.4 Å². The van der Waals surface area contributed by atoms with Crippen LogP contribution in [0.15, 0.2) is 17.0 Å². The second-order valence-corrected chi connectivity index (χ2v) is 4.32. The summed E-state index contributed by atoms with van der Waals surface area (Å²) in [5.41, 5.74) is 0. The van der Waals surface area contributed by atoms with Gasteiger partial charge in [-0.05, 0) is 13.3 Å². The van der Waals surface area contributed by atoms with E-state index in [2.05, 4.69) is 37.7 Å². The van der Waals surface area contributed by atoms with Gasteiger partial charge in [0.15, 0.2) is 11.6 Å². The van der Waals surface area contributed by atoms with Crippen LogP contribution < -0.4 is 10.6 Å². The molecule has 0 spiro atoms. The Hall–Kier alpha value is -2.22. The first-order valence-electron chi connectivity index (χ1n) is 7.00. The first-order valence-corrected chi connectivity index (χ1v) is 7.00. The van der Waals surface area contributed by atoms with Crippen LogP contribution in [-0.2, 0) is 17.9 Å². The summed E-state index contributed by atoms with van der Waals surface area (Å²) in [5.74, 6) is 2.68. The Bertz CT molecular complexity index is 505. The van der Waals surface area contributed by atoms with E-state index in [-0.39, 0.29) is 0 Å². The fourth-order valence-corrected chi connectivity index (χ4v) is 1.63. The lowest BCUT2D eigenvalue weighted by atomic mass is 10.4. The van der Waals surface area contributed by atoms with E-state index in [1.165, 1.54) is 6.39 Å². The Kier molecular flexibility index (Phi) is 5.89. The van der Waals surface area contributed by atoms with Crippen molar-refractivity contribution in [1.82, 2.24) is 20.1 Å². The van der Waals surface area contributed by atoms with Crippen molar-refractivity contribution in [2.75, 3.05) is 23.8 Å². The minimum atomic E-state index is 0.384. The van der Waals surface area contributed by atoms with E-state index in [1.54, 1.807) is 0 Å². The van der Waals surface area contributed by atoms with Gasteiger partial charge in [0.1, 0.15) is 18.2 Å². The van der Waals surface area contributed by atoms with Gasteiger partial charge in [0.25, 0.3) is 0 Å². The number of aromatic nitrogens is 4. The topological polar surface area (TPSA) is 98.0 Å². The van der Waals surface area contributed by atoms with Gasteiger partial charge in [0, 0.05) is 19.2 Å². The molecule has 0 amide bonds. The first-order chi connectivity index (χ1) is 10.3. The zero-order valence-corrected chi connectivity index (χ0v) is 12.3. The van der Waals surface area contributed by atoms with E-state index in [9.17, 15) is 0 Å². The molecule has 114 valence electrons. The lowest BCUT2D eigenvalue weighted by Crippen LogP contribution is -2.10. The molecule has 2 rings (SSSR count). The number of rotatable bonds is 9. The van der Waals surface area contributed by atoms with Crippen molar-refractivity contribution >= 4 is 11.6 Å². The van der Waals surface area contributed by atoms with Gasteiger partial charge in [-0.15, -0.1) is 0 Å². The minimum Gasteiger partial charge on any atom is -0.374 e. The summed E-state index contributed by atoms with van der Waals surface area (Å²) in [6.07, 6.45) is 2.32. The largest absolute Gasteiger partial charge is 0.374 e. The number of hydrogen-bond acceptors (Lipinski definition) is 8. The molecule has 0 bridgehead atoms. The van der Waals surface area contributed by atoms with Gasteiger partial charge < -0.3 is 19.9 Å². The molecule has 0 aromatic carbocycles. The average Bonchev–Trinajstić information content (AvgIpc) is 3.02. The van der Waals surface area contributed by atoms with Crippen LogP contribution in [0.3, 0.4) is 0 Å². The van der Waals surface area contributed by atoms with Gasteiger partial charge >= 0.3 is 0 Å². The molecule has 0 saturated heterocycles. The maximum Gasteiger partial charge on any atom is 0.213 e. The van der Waals surface area contributed by atoms with Crippen molar-refractivity contribution in [2.24, 2.45) is 0 Å².